The molecule has 3 nitrogen and oxygen atoms in total. The highest BCUT2D eigenvalue weighted by Crippen LogP contribution is 2.11. The molecule has 0 aromatic heterocycles. The summed E-state index contributed by atoms with van der Waals surface area (Å²) in [5.74, 6) is -0.315. The first-order valence-electron chi connectivity index (χ1n) is 5.00. The summed E-state index contributed by atoms with van der Waals surface area (Å²) < 4.78 is 5.01. The van der Waals surface area contributed by atoms with Gasteiger partial charge in [-0.3, -0.25) is 0 Å². The van der Waals surface area contributed by atoms with Crippen molar-refractivity contribution in [3.8, 4) is 0 Å². The average Bonchev–Trinajstić information content (AvgIpc) is 2.22. The third kappa shape index (κ3) is 3.36. The minimum absolute atomic E-state index is 0.0417. The Morgan fingerprint density at radius 2 is 2.13 bits per heavy atom. The smallest absolute Gasteiger partial charge is 0.338 e. The second-order valence-corrected chi connectivity index (χ2v) is 3.53. The van der Waals surface area contributed by atoms with Gasteiger partial charge in [-0.2, -0.15) is 0 Å². The summed E-state index contributed by atoms with van der Waals surface area (Å²) in [7, 11) is 0. The zero-order chi connectivity index (χ0) is 11.3. The lowest BCUT2D eigenvalue weighted by atomic mass is 10.1. The summed E-state index contributed by atoms with van der Waals surface area (Å²) in [5, 5.41) is 8.56. The van der Waals surface area contributed by atoms with E-state index in [0.29, 0.717) is 12.0 Å². The van der Waals surface area contributed by atoms with Gasteiger partial charge in [0.05, 0.1) is 12.2 Å². The van der Waals surface area contributed by atoms with Crippen LogP contribution in [0.25, 0.3) is 0 Å². The molecule has 1 N–H and O–H groups in total. The van der Waals surface area contributed by atoms with E-state index in [-0.39, 0.29) is 19.2 Å². The van der Waals surface area contributed by atoms with Crippen molar-refractivity contribution in [3.63, 3.8) is 0 Å². The Balaban J connectivity index is 2.68. The first-order chi connectivity index (χ1) is 7.15. The van der Waals surface area contributed by atoms with E-state index in [1.165, 1.54) is 0 Å². The lowest BCUT2D eigenvalue weighted by molar-refractivity contribution is 0.0481. The van der Waals surface area contributed by atoms with E-state index in [0.717, 1.165) is 11.1 Å². The molecule has 0 unspecified atom stereocenters. The van der Waals surface area contributed by atoms with Gasteiger partial charge in [-0.25, -0.2) is 4.79 Å². The predicted molar refractivity (Wildman–Crippen MR) is 57.9 cm³/mol. The zero-order valence-electron chi connectivity index (χ0n) is 9.12. The van der Waals surface area contributed by atoms with Crippen molar-refractivity contribution >= 4 is 5.97 Å². The highest BCUT2D eigenvalue weighted by molar-refractivity contribution is 5.91. The molecule has 0 bridgehead atoms. The van der Waals surface area contributed by atoms with Gasteiger partial charge in [-0.15, -0.1) is 0 Å². The van der Waals surface area contributed by atoms with Crippen molar-refractivity contribution in [1.82, 2.24) is 0 Å². The van der Waals surface area contributed by atoms with Gasteiger partial charge in [0.1, 0.15) is 0 Å². The minimum Gasteiger partial charge on any atom is -0.462 e. The maximum absolute atomic E-state index is 11.6. The van der Waals surface area contributed by atoms with Crippen LogP contribution in [0.2, 0.25) is 0 Å². The fraction of sp³-hybridized carbons (Fsp3) is 0.417. The SMILES string of the molecule is Cc1ccc(C)c(C(=O)OCCCO)c1. The van der Waals surface area contributed by atoms with Gasteiger partial charge < -0.3 is 9.84 Å². The number of carbonyl (C=O) groups excluding carboxylic acids is 1. The Hall–Kier alpha value is -1.35. The molecule has 1 aromatic rings. The van der Waals surface area contributed by atoms with Gasteiger partial charge in [0.2, 0.25) is 0 Å². The number of aryl methyl sites for hydroxylation is 2. The molecule has 0 spiro atoms. The van der Waals surface area contributed by atoms with Crippen LogP contribution in [-0.2, 0) is 4.74 Å². The lowest BCUT2D eigenvalue weighted by Gasteiger charge is -2.07. The maximum Gasteiger partial charge on any atom is 0.338 e. The molecular weight excluding hydrogens is 192 g/mol. The molecule has 1 rings (SSSR count). The number of esters is 1. The fourth-order valence-corrected chi connectivity index (χ4v) is 1.26. The van der Waals surface area contributed by atoms with Crippen molar-refractivity contribution in [2.24, 2.45) is 0 Å². The van der Waals surface area contributed by atoms with E-state index in [2.05, 4.69) is 0 Å². The van der Waals surface area contributed by atoms with E-state index in [9.17, 15) is 4.79 Å². The van der Waals surface area contributed by atoms with E-state index in [4.69, 9.17) is 9.84 Å². The van der Waals surface area contributed by atoms with Crippen molar-refractivity contribution in [3.05, 3.63) is 34.9 Å². The molecule has 15 heavy (non-hydrogen) atoms. The Kier molecular flexibility index (Phi) is 4.31. The molecule has 0 aliphatic carbocycles. The molecule has 0 atom stereocenters. The first-order valence-corrected chi connectivity index (χ1v) is 5.00. The Morgan fingerprint density at radius 3 is 2.80 bits per heavy atom. The van der Waals surface area contributed by atoms with Crippen LogP contribution in [0, 0.1) is 13.8 Å². The van der Waals surface area contributed by atoms with Crippen LogP contribution >= 0.6 is 0 Å². The monoisotopic (exact) mass is 208 g/mol. The largest absolute Gasteiger partial charge is 0.462 e. The summed E-state index contributed by atoms with van der Waals surface area (Å²) in [6.07, 6.45) is 0.483. The van der Waals surface area contributed by atoms with Gasteiger partial charge in [0, 0.05) is 13.0 Å². The highest BCUT2D eigenvalue weighted by Gasteiger charge is 2.09. The molecule has 0 amide bonds. The number of benzene rings is 1. The molecule has 0 saturated heterocycles. The minimum atomic E-state index is -0.315. The molecular formula is C12H16O3. The third-order valence-corrected chi connectivity index (χ3v) is 2.15. The van der Waals surface area contributed by atoms with Gasteiger partial charge in [0.25, 0.3) is 0 Å². The van der Waals surface area contributed by atoms with Gasteiger partial charge in [-0.05, 0) is 25.5 Å². The van der Waals surface area contributed by atoms with Crippen LogP contribution in [0.3, 0.4) is 0 Å². The van der Waals surface area contributed by atoms with Crippen molar-refractivity contribution < 1.29 is 14.6 Å². The van der Waals surface area contributed by atoms with Crippen LogP contribution in [0.1, 0.15) is 27.9 Å². The molecule has 3 heteroatoms. The van der Waals surface area contributed by atoms with E-state index < -0.39 is 0 Å². The third-order valence-electron chi connectivity index (χ3n) is 2.15. The average molecular weight is 208 g/mol. The molecule has 1 aromatic carbocycles. The summed E-state index contributed by atoms with van der Waals surface area (Å²) >= 11 is 0. The Labute approximate surface area is 89.7 Å². The normalized spacial score (nSPS) is 10.1. The van der Waals surface area contributed by atoms with Gasteiger partial charge in [-0.1, -0.05) is 17.7 Å². The van der Waals surface area contributed by atoms with E-state index in [1.54, 1.807) is 0 Å². The maximum atomic E-state index is 11.6. The Morgan fingerprint density at radius 1 is 1.40 bits per heavy atom. The second-order valence-electron chi connectivity index (χ2n) is 3.53. The van der Waals surface area contributed by atoms with Crippen LogP contribution in [-0.4, -0.2) is 24.3 Å². The number of aliphatic hydroxyl groups excluding tert-OH is 1. The van der Waals surface area contributed by atoms with E-state index >= 15 is 0 Å². The summed E-state index contributed by atoms with van der Waals surface area (Å²) in [6, 6.07) is 5.68. The Bertz CT molecular complexity index is 345. The molecule has 0 fully saturated rings. The van der Waals surface area contributed by atoms with Crippen LogP contribution in [0.15, 0.2) is 18.2 Å². The summed E-state index contributed by atoms with van der Waals surface area (Å²) in [6.45, 7) is 4.12. The van der Waals surface area contributed by atoms with Crippen molar-refractivity contribution in [2.75, 3.05) is 13.2 Å². The number of ether oxygens (including phenoxy) is 1. The molecule has 0 heterocycles. The number of hydrogen-bond acceptors (Lipinski definition) is 3. The molecule has 82 valence electrons. The standard InChI is InChI=1S/C12H16O3/c1-9-4-5-10(2)11(8-9)12(14)15-7-3-6-13/h4-5,8,13H,3,6-7H2,1-2H3. The fourth-order valence-electron chi connectivity index (χ4n) is 1.26. The van der Waals surface area contributed by atoms with Gasteiger partial charge >= 0.3 is 5.97 Å². The number of hydrogen-bond donors (Lipinski definition) is 1. The number of rotatable bonds is 4. The van der Waals surface area contributed by atoms with Crippen molar-refractivity contribution in [1.29, 1.82) is 0 Å². The zero-order valence-corrected chi connectivity index (χ0v) is 9.12. The molecule has 0 aliphatic heterocycles. The van der Waals surface area contributed by atoms with Crippen LogP contribution < -0.4 is 0 Å². The van der Waals surface area contributed by atoms with Gasteiger partial charge in [0.15, 0.2) is 0 Å². The van der Waals surface area contributed by atoms with Crippen LogP contribution in [0.4, 0.5) is 0 Å². The first kappa shape index (κ1) is 11.7. The van der Waals surface area contributed by atoms with Crippen LogP contribution in [0.5, 0.6) is 0 Å². The van der Waals surface area contributed by atoms with E-state index in [1.807, 2.05) is 32.0 Å². The predicted octanol–water partition coefficient (Wildman–Crippen LogP) is 1.84. The summed E-state index contributed by atoms with van der Waals surface area (Å²) in [4.78, 5) is 11.6. The second kappa shape index (κ2) is 5.51. The number of carbonyl (C=O) groups is 1. The number of aliphatic hydroxyl groups is 1. The summed E-state index contributed by atoms with van der Waals surface area (Å²) in [5.41, 5.74) is 2.55. The topological polar surface area (TPSA) is 46.5 Å². The highest BCUT2D eigenvalue weighted by atomic mass is 16.5. The lowest BCUT2D eigenvalue weighted by Crippen LogP contribution is -2.09. The molecule has 0 saturated carbocycles. The quantitative estimate of drug-likeness (QED) is 0.606. The molecule has 0 aliphatic rings. The molecule has 0 radical (unpaired) electrons. The van der Waals surface area contributed by atoms with Crippen molar-refractivity contribution in [2.45, 2.75) is 20.3 Å².